The van der Waals surface area contributed by atoms with Crippen molar-refractivity contribution in [1.29, 1.82) is 5.26 Å². The molecule has 7 heteroatoms. The number of rotatable bonds is 6. The summed E-state index contributed by atoms with van der Waals surface area (Å²) in [7, 11) is -3.81. The lowest BCUT2D eigenvalue weighted by atomic mass is 10.1. The van der Waals surface area contributed by atoms with Crippen molar-refractivity contribution in [2.75, 3.05) is 11.9 Å². The number of sulfonamides is 1. The Balaban J connectivity index is 2.01. The monoisotopic (exact) mass is 343 g/mol. The molecular formula is C17H17N3O3S. The van der Waals surface area contributed by atoms with Crippen LogP contribution in [0.15, 0.2) is 53.4 Å². The molecule has 0 heterocycles. The van der Waals surface area contributed by atoms with Gasteiger partial charge < -0.3 is 5.32 Å². The first-order valence-electron chi connectivity index (χ1n) is 7.34. The van der Waals surface area contributed by atoms with Crippen molar-refractivity contribution in [2.24, 2.45) is 0 Å². The van der Waals surface area contributed by atoms with Crippen LogP contribution in [0, 0.1) is 11.3 Å². The van der Waals surface area contributed by atoms with E-state index in [-0.39, 0.29) is 11.4 Å². The summed E-state index contributed by atoms with van der Waals surface area (Å²) in [5, 5.41) is 11.4. The van der Waals surface area contributed by atoms with Gasteiger partial charge in [0.1, 0.15) is 0 Å². The molecule has 2 aromatic carbocycles. The van der Waals surface area contributed by atoms with E-state index in [0.717, 1.165) is 12.0 Å². The molecule has 24 heavy (non-hydrogen) atoms. The van der Waals surface area contributed by atoms with Gasteiger partial charge in [0.25, 0.3) is 0 Å². The van der Waals surface area contributed by atoms with Crippen molar-refractivity contribution in [3.05, 3.63) is 59.7 Å². The molecule has 0 atom stereocenters. The number of amides is 1. The van der Waals surface area contributed by atoms with Crippen LogP contribution in [0.5, 0.6) is 0 Å². The Kier molecular flexibility index (Phi) is 5.68. The average molecular weight is 343 g/mol. The fourth-order valence-corrected chi connectivity index (χ4v) is 3.08. The molecule has 0 fully saturated rings. The molecule has 0 aliphatic rings. The fraction of sp³-hybridized carbons (Fsp3) is 0.176. The highest BCUT2D eigenvalue weighted by atomic mass is 32.2. The third kappa shape index (κ3) is 4.41. The number of para-hydroxylation sites is 1. The van der Waals surface area contributed by atoms with Gasteiger partial charge in [0, 0.05) is 5.69 Å². The number of nitriles is 1. The summed E-state index contributed by atoms with van der Waals surface area (Å²) in [5.74, 6) is -0.451. The van der Waals surface area contributed by atoms with Gasteiger partial charge in [-0.05, 0) is 42.3 Å². The number of anilines is 1. The van der Waals surface area contributed by atoms with Gasteiger partial charge in [0.05, 0.1) is 23.1 Å². The molecule has 0 bridgehead atoms. The predicted octanol–water partition coefficient (Wildman–Crippen LogP) is 2.04. The quantitative estimate of drug-likeness (QED) is 0.838. The maximum absolute atomic E-state index is 12.1. The smallest absolute Gasteiger partial charge is 0.241 e. The summed E-state index contributed by atoms with van der Waals surface area (Å²) < 4.78 is 26.5. The minimum Gasteiger partial charge on any atom is -0.325 e. The second kappa shape index (κ2) is 7.73. The van der Waals surface area contributed by atoms with Crippen LogP contribution in [0.4, 0.5) is 5.69 Å². The zero-order valence-electron chi connectivity index (χ0n) is 13.1. The standard InChI is InChI=1S/C17H17N3O3S/c1-2-14-5-3-4-6-16(14)20-17(21)12-19-24(22,23)15-9-7-13(11-18)8-10-15/h3-10,19H,2,12H2,1H3,(H,20,21). The number of carbonyl (C=O) groups is 1. The Morgan fingerprint density at radius 3 is 2.42 bits per heavy atom. The van der Waals surface area contributed by atoms with E-state index in [1.165, 1.54) is 24.3 Å². The Morgan fingerprint density at radius 2 is 1.79 bits per heavy atom. The number of carbonyl (C=O) groups excluding carboxylic acids is 1. The lowest BCUT2D eigenvalue weighted by Crippen LogP contribution is -2.33. The molecule has 0 saturated carbocycles. The number of hydrogen-bond donors (Lipinski definition) is 2. The minimum absolute atomic E-state index is 0.00302. The van der Waals surface area contributed by atoms with Crippen LogP contribution in [0.3, 0.4) is 0 Å². The highest BCUT2D eigenvalue weighted by molar-refractivity contribution is 7.89. The van der Waals surface area contributed by atoms with Gasteiger partial charge in [-0.25, -0.2) is 13.1 Å². The molecule has 1 amide bonds. The number of hydrogen-bond acceptors (Lipinski definition) is 4. The summed E-state index contributed by atoms with van der Waals surface area (Å²) >= 11 is 0. The second-order valence-electron chi connectivity index (χ2n) is 5.02. The summed E-state index contributed by atoms with van der Waals surface area (Å²) in [6.45, 7) is 1.60. The minimum atomic E-state index is -3.81. The molecule has 2 rings (SSSR count). The van der Waals surface area contributed by atoms with Crippen molar-refractivity contribution in [1.82, 2.24) is 4.72 Å². The summed E-state index contributed by atoms with van der Waals surface area (Å²) in [6, 6.07) is 14.7. The number of aryl methyl sites for hydroxylation is 1. The van der Waals surface area contributed by atoms with Crippen LogP contribution < -0.4 is 10.0 Å². The predicted molar refractivity (Wildman–Crippen MR) is 90.8 cm³/mol. The molecule has 6 nitrogen and oxygen atoms in total. The van der Waals surface area contributed by atoms with Crippen LogP contribution in [0.25, 0.3) is 0 Å². The first-order chi connectivity index (χ1) is 11.5. The zero-order valence-corrected chi connectivity index (χ0v) is 13.9. The van der Waals surface area contributed by atoms with Crippen molar-refractivity contribution in [3.63, 3.8) is 0 Å². The Hall–Kier alpha value is -2.69. The fourth-order valence-electron chi connectivity index (χ4n) is 2.10. The van der Waals surface area contributed by atoms with Crippen molar-refractivity contribution in [3.8, 4) is 6.07 Å². The largest absolute Gasteiger partial charge is 0.325 e. The number of benzene rings is 2. The molecule has 2 N–H and O–H groups in total. The first kappa shape index (κ1) is 17.7. The van der Waals surface area contributed by atoms with E-state index in [0.29, 0.717) is 11.3 Å². The van der Waals surface area contributed by atoms with Crippen molar-refractivity contribution in [2.45, 2.75) is 18.2 Å². The van der Waals surface area contributed by atoms with E-state index in [2.05, 4.69) is 10.0 Å². The topological polar surface area (TPSA) is 99.1 Å². The van der Waals surface area contributed by atoms with Crippen LogP contribution in [0.2, 0.25) is 0 Å². The van der Waals surface area contributed by atoms with E-state index in [4.69, 9.17) is 5.26 Å². The van der Waals surface area contributed by atoms with E-state index in [1.807, 2.05) is 25.1 Å². The highest BCUT2D eigenvalue weighted by Gasteiger charge is 2.15. The van der Waals surface area contributed by atoms with Gasteiger partial charge >= 0.3 is 0 Å². The molecule has 0 radical (unpaired) electrons. The third-order valence-electron chi connectivity index (χ3n) is 3.39. The molecule has 0 spiro atoms. The lowest BCUT2D eigenvalue weighted by Gasteiger charge is -2.10. The van der Waals surface area contributed by atoms with Crippen LogP contribution >= 0.6 is 0 Å². The van der Waals surface area contributed by atoms with Gasteiger partial charge in [-0.1, -0.05) is 25.1 Å². The lowest BCUT2D eigenvalue weighted by molar-refractivity contribution is -0.115. The normalized spacial score (nSPS) is 10.8. The molecule has 0 aliphatic heterocycles. The maximum atomic E-state index is 12.1. The average Bonchev–Trinajstić information content (AvgIpc) is 2.60. The number of nitrogens with one attached hydrogen (secondary N) is 2. The van der Waals surface area contributed by atoms with E-state index >= 15 is 0 Å². The van der Waals surface area contributed by atoms with E-state index in [9.17, 15) is 13.2 Å². The Labute approximate surface area is 141 Å². The molecule has 0 aliphatic carbocycles. The van der Waals surface area contributed by atoms with Gasteiger partial charge in [-0.2, -0.15) is 5.26 Å². The highest BCUT2D eigenvalue weighted by Crippen LogP contribution is 2.15. The maximum Gasteiger partial charge on any atom is 0.241 e. The molecule has 0 aromatic heterocycles. The molecule has 0 unspecified atom stereocenters. The van der Waals surface area contributed by atoms with Crippen LogP contribution in [-0.4, -0.2) is 20.9 Å². The van der Waals surface area contributed by atoms with Gasteiger partial charge in [0.15, 0.2) is 0 Å². The Morgan fingerprint density at radius 1 is 1.12 bits per heavy atom. The molecule has 0 saturated heterocycles. The summed E-state index contributed by atoms with van der Waals surface area (Å²) in [6.07, 6.45) is 0.757. The second-order valence-corrected chi connectivity index (χ2v) is 6.79. The van der Waals surface area contributed by atoms with Gasteiger partial charge in [-0.3, -0.25) is 4.79 Å². The summed E-state index contributed by atoms with van der Waals surface area (Å²) in [5.41, 5.74) is 2.01. The SMILES string of the molecule is CCc1ccccc1NC(=O)CNS(=O)(=O)c1ccc(C#N)cc1. The van der Waals surface area contributed by atoms with Gasteiger partial charge in [0.2, 0.25) is 15.9 Å². The van der Waals surface area contributed by atoms with Crippen LogP contribution in [-0.2, 0) is 21.2 Å². The molecular weight excluding hydrogens is 326 g/mol. The first-order valence-corrected chi connectivity index (χ1v) is 8.82. The molecule has 124 valence electrons. The van der Waals surface area contributed by atoms with Crippen molar-refractivity contribution >= 4 is 21.6 Å². The van der Waals surface area contributed by atoms with E-state index in [1.54, 1.807) is 12.1 Å². The van der Waals surface area contributed by atoms with E-state index < -0.39 is 15.9 Å². The summed E-state index contributed by atoms with van der Waals surface area (Å²) in [4.78, 5) is 12.0. The van der Waals surface area contributed by atoms with Crippen LogP contribution in [0.1, 0.15) is 18.1 Å². The van der Waals surface area contributed by atoms with Crippen molar-refractivity contribution < 1.29 is 13.2 Å². The zero-order chi connectivity index (χ0) is 17.6. The molecule has 2 aromatic rings. The third-order valence-corrected chi connectivity index (χ3v) is 4.81. The Bertz CT molecular complexity index is 869. The van der Waals surface area contributed by atoms with Gasteiger partial charge in [-0.15, -0.1) is 0 Å². The number of nitrogens with zero attached hydrogens (tertiary/aromatic N) is 1.